The van der Waals surface area contributed by atoms with Gasteiger partial charge in [-0.3, -0.25) is 10.1 Å². The monoisotopic (exact) mass is 247 g/mol. The first-order valence-corrected chi connectivity index (χ1v) is 5.15. The van der Waals surface area contributed by atoms with E-state index in [1.165, 1.54) is 11.8 Å². The lowest BCUT2D eigenvalue weighted by molar-refractivity contribution is -0.385. The van der Waals surface area contributed by atoms with Crippen LogP contribution in [0.5, 0.6) is 0 Å². The Balaban J connectivity index is 3.17. The maximum Gasteiger partial charge on any atom is 0.284 e. The van der Waals surface area contributed by atoms with Crippen molar-refractivity contribution in [2.75, 3.05) is 6.26 Å². The summed E-state index contributed by atoms with van der Waals surface area (Å²) in [6.45, 7) is 0. The van der Waals surface area contributed by atoms with Gasteiger partial charge in [0.1, 0.15) is 0 Å². The van der Waals surface area contributed by atoms with Gasteiger partial charge in [-0.05, 0) is 34.3 Å². The molecule has 0 N–H and O–H groups in total. The fraction of sp³-hybridized carbons (Fsp3) is 0.143. The highest BCUT2D eigenvalue weighted by Gasteiger charge is 2.11. The normalized spacial score (nSPS) is 9.83. The van der Waals surface area contributed by atoms with Crippen LogP contribution in [0.15, 0.2) is 27.6 Å². The summed E-state index contributed by atoms with van der Waals surface area (Å²) in [5.41, 5.74) is 0.113. The minimum Gasteiger partial charge on any atom is -0.258 e. The van der Waals surface area contributed by atoms with Crippen molar-refractivity contribution in [1.82, 2.24) is 0 Å². The molecule has 0 bridgehead atoms. The molecule has 0 saturated heterocycles. The summed E-state index contributed by atoms with van der Waals surface area (Å²) in [5.74, 6) is 0. The van der Waals surface area contributed by atoms with Gasteiger partial charge < -0.3 is 0 Å². The van der Waals surface area contributed by atoms with Crippen molar-refractivity contribution in [3.63, 3.8) is 0 Å². The van der Waals surface area contributed by atoms with Gasteiger partial charge >= 0.3 is 0 Å². The van der Waals surface area contributed by atoms with Crippen LogP contribution in [-0.2, 0) is 0 Å². The lowest BCUT2D eigenvalue weighted by atomic mass is 10.3. The molecule has 64 valence electrons. The van der Waals surface area contributed by atoms with E-state index in [9.17, 15) is 10.1 Å². The standard InChI is InChI=1S/C7H6BrNO2S/c1-12-5-2-3-6(8)7(4-5)9(10)11/h2-4H,1H3. The first-order valence-electron chi connectivity index (χ1n) is 3.13. The molecular formula is C7H6BrNO2S. The highest BCUT2D eigenvalue weighted by atomic mass is 79.9. The van der Waals surface area contributed by atoms with Crippen LogP contribution >= 0.6 is 27.7 Å². The second kappa shape index (κ2) is 3.91. The molecule has 0 aliphatic carbocycles. The van der Waals surface area contributed by atoms with E-state index in [1.807, 2.05) is 12.3 Å². The van der Waals surface area contributed by atoms with Crippen LogP contribution in [-0.4, -0.2) is 11.2 Å². The Morgan fingerprint density at radius 3 is 2.75 bits per heavy atom. The SMILES string of the molecule is CSc1ccc(Br)c([N+](=O)[O-])c1. The molecule has 1 aromatic carbocycles. The number of nitro groups is 1. The molecule has 1 aromatic rings. The molecule has 0 unspecified atom stereocenters. The zero-order valence-electron chi connectivity index (χ0n) is 6.28. The van der Waals surface area contributed by atoms with Crippen molar-refractivity contribution in [2.45, 2.75) is 4.90 Å². The van der Waals surface area contributed by atoms with E-state index in [0.717, 1.165) is 4.90 Å². The van der Waals surface area contributed by atoms with Gasteiger partial charge in [-0.25, -0.2) is 0 Å². The van der Waals surface area contributed by atoms with Crippen molar-refractivity contribution < 1.29 is 4.92 Å². The molecule has 0 spiro atoms. The van der Waals surface area contributed by atoms with E-state index in [4.69, 9.17) is 0 Å². The number of halogens is 1. The maximum atomic E-state index is 10.5. The Kier molecular flexibility index (Phi) is 3.11. The average molecular weight is 248 g/mol. The number of benzene rings is 1. The van der Waals surface area contributed by atoms with Crippen molar-refractivity contribution in [1.29, 1.82) is 0 Å². The highest BCUT2D eigenvalue weighted by molar-refractivity contribution is 9.10. The molecule has 0 aliphatic heterocycles. The molecule has 0 aliphatic rings. The van der Waals surface area contributed by atoms with E-state index in [1.54, 1.807) is 12.1 Å². The maximum absolute atomic E-state index is 10.5. The van der Waals surface area contributed by atoms with Gasteiger partial charge in [0.25, 0.3) is 5.69 Å². The number of hydrogen-bond donors (Lipinski definition) is 0. The van der Waals surface area contributed by atoms with Crippen LogP contribution < -0.4 is 0 Å². The van der Waals surface area contributed by atoms with Crippen LogP contribution in [0.2, 0.25) is 0 Å². The van der Waals surface area contributed by atoms with E-state index in [2.05, 4.69) is 15.9 Å². The number of rotatable bonds is 2. The fourth-order valence-electron chi connectivity index (χ4n) is 0.759. The third-order valence-corrected chi connectivity index (χ3v) is 2.75. The fourth-order valence-corrected chi connectivity index (χ4v) is 1.58. The molecule has 0 aromatic heterocycles. The molecule has 3 nitrogen and oxygen atoms in total. The number of hydrogen-bond acceptors (Lipinski definition) is 3. The molecule has 0 fully saturated rings. The summed E-state index contributed by atoms with van der Waals surface area (Å²) in [4.78, 5) is 11.0. The smallest absolute Gasteiger partial charge is 0.258 e. The van der Waals surface area contributed by atoms with Crippen molar-refractivity contribution in [3.05, 3.63) is 32.8 Å². The minimum absolute atomic E-state index is 0.113. The van der Waals surface area contributed by atoms with Crippen molar-refractivity contribution in [3.8, 4) is 0 Å². The summed E-state index contributed by atoms with van der Waals surface area (Å²) in [7, 11) is 0. The third kappa shape index (κ3) is 1.98. The topological polar surface area (TPSA) is 43.1 Å². The summed E-state index contributed by atoms with van der Waals surface area (Å²) in [6, 6.07) is 5.07. The predicted molar refractivity (Wildman–Crippen MR) is 52.6 cm³/mol. The Morgan fingerprint density at radius 2 is 2.25 bits per heavy atom. The van der Waals surface area contributed by atoms with Crippen LogP contribution in [0.25, 0.3) is 0 Å². The number of thioether (sulfide) groups is 1. The molecule has 0 amide bonds. The Morgan fingerprint density at radius 1 is 1.58 bits per heavy atom. The first kappa shape index (κ1) is 9.54. The number of nitrogens with zero attached hydrogens (tertiary/aromatic N) is 1. The van der Waals surface area contributed by atoms with E-state index in [0.29, 0.717) is 4.47 Å². The molecule has 12 heavy (non-hydrogen) atoms. The Labute approximate surface area is 82.4 Å². The quantitative estimate of drug-likeness (QED) is 0.459. The van der Waals surface area contributed by atoms with Crippen LogP contribution in [0.1, 0.15) is 0 Å². The zero-order chi connectivity index (χ0) is 9.14. The van der Waals surface area contributed by atoms with Gasteiger partial charge in [-0.1, -0.05) is 0 Å². The summed E-state index contributed by atoms with van der Waals surface area (Å²) < 4.78 is 0.519. The van der Waals surface area contributed by atoms with Gasteiger partial charge in [0.15, 0.2) is 0 Å². The Hall–Kier alpha value is -0.550. The van der Waals surface area contributed by atoms with E-state index < -0.39 is 4.92 Å². The van der Waals surface area contributed by atoms with Gasteiger partial charge in [0.05, 0.1) is 9.40 Å². The van der Waals surface area contributed by atoms with E-state index >= 15 is 0 Å². The summed E-state index contributed by atoms with van der Waals surface area (Å²) in [6.07, 6.45) is 1.88. The van der Waals surface area contributed by atoms with Crippen molar-refractivity contribution in [2.24, 2.45) is 0 Å². The zero-order valence-corrected chi connectivity index (χ0v) is 8.68. The van der Waals surface area contributed by atoms with Gasteiger partial charge in [-0.15, -0.1) is 11.8 Å². The highest BCUT2D eigenvalue weighted by Crippen LogP contribution is 2.28. The molecule has 0 atom stereocenters. The third-order valence-electron chi connectivity index (χ3n) is 1.35. The summed E-state index contributed by atoms with van der Waals surface area (Å²) >= 11 is 4.59. The molecule has 1 rings (SSSR count). The number of nitro benzene ring substituents is 1. The Bertz CT molecular complexity index is 316. The average Bonchev–Trinajstić information content (AvgIpc) is 2.05. The van der Waals surface area contributed by atoms with Crippen LogP contribution in [0.4, 0.5) is 5.69 Å². The molecule has 0 radical (unpaired) electrons. The van der Waals surface area contributed by atoms with E-state index in [-0.39, 0.29) is 5.69 Å². The molecule has 0 saturated carbocycles. The van der Waals surface area contributed by atoms with Gasteiger partial charge in [0.2, 0.25) is 0 Å². The molecular weight excluding hydrogens is 242 g/mol. The van der Waals surface area contributed by atoms with Gasteiger partial charge in [0, 0.05) is 11.0 Å². The predicted octanol–water partition coefficient (Wildman–Crippen LogP) is 3.08. The second-order valence-corrected chi connectivity index (χ2v) is 3.81. The van der Waals surface area contributed by atoms with Gasteiger partial charge in [-0.2, -0.15) is 0 Å². The molecule has 0 heterocycles. The summed E-state index contributed by atoms with van der Waals surface area (Å²) in [5, 5.41) is 10.5. The molecule has 5 heteroatoms. The lowest BCUT2D eigenvalue weighted by Crippen LogP contribution is -1.89. The largest absolute Gasteiger partial charge is 0.284 e. The lowest BCUT2D eigenvalue weighted by Gasteiger charge is -1.97. The van der Waals surface area contributed by atoms with Crippen molar-refractivity contribution >= 4 is 33.4 Å². The second-order valence-electron chi connectivity index (χ2n) is 2.07. The minimum atomic E-state index is -0.399. The first-order chi connectivity index (χ1) is 5.65. The van der Waals surface area contributed by atoms with Crippen LogP contribution in [0, 0.1) is 10.1 Å². The van der Waals surface area contributed by atoms with Crippen LogP contribution in [0.3, 0.4) is 0 Å².